The van der Waals surface area contributed by atoms with Gasteiger partial charge in [-0.25, -0.2) is 0 Å². The number of benzene rings is 1. The van der Waals surface area contributed by atoms with Gasteiger partial charge in [-0.2, -0.15) is 0 Å². The Morgan fingerprint density at radius 1 is 0.737 bits per heavy atom. The molecule has 106 valence electrons. The van der Waals surface area contributed by atoms with Gasteiger partial charge in [-0.05, 0) is 79.1 Å². The molecule has 1 heterocycles. The van der Waals surface area contributed by atoms with Crippen LogP contribution in [0.15, 0.2) is 21.9 Å². The Kier molecular flexibility index (Phi) is 5.16. The second-order valence-corrected chi connectivity index (χ2v) is 14.2. The van der Waals surface area contributed by atoms with Gasteiger partial charge >= 0.3 is 0 Å². The number of hydrogen-bond donors (Lipinski definition) is 0. The second-order valence-electron chi connectivity index (χ2n) is 6.72. The summed E-state index contributed by atoms with van der Waals surface area (Å²) in [5, 5.41) is 0. The van der Waals surface area contributed by atoms with E-state index in [0.717, 1.165) is 0 Å². The third-order valence-electron chi connectivity index (χ3n) is 3.03. The minimum absolute atomic E-state index is 0.194. The van der Waals surface area contributed by atoms with Gasteiger partial charge in [-0.1, -0.05) is 47.6 Å². The summed E-state index contributed by atoms with van der Waals surface area (Å²) in [6.45, 7) is 13.8. The van der Waals surface area contributed by atoms with Crippen LogP contribution in [0.1, 0.15) is 52.7 Å². The van der Waals surface area contributed by atoms with E-state index in [-0.39, 0.29) is 10.8 Å². The largest absolute Gasteiger partial charge is 0.0561 e. The number of hydrogen-bond acceptors (Lipinski definition) is 5. The fourth-order valence-electron chi connectivity index (χ4n) is 1.85. The Bertz CT molecular complexity index is 468. The van der Waals surface area contributed by atoms with Gasteiger partial charge in [-0.15, -0.1) is 0 Å². The van der Waals surface area contributed by atoms with Crippen LogP contribution in [0.5, 0.6) is 0 Å². The summed E-state index contributed by atoms with van der Waals surface area (Å²) >= 11 is 0. The van der Waals surface area contributed by atoms with Crippen LogP contribution < -0.4 is 0 Å². The Labute approximate surface area is 136 Å². The summed E-state index contributed by atoms with van der Waals surface area (Å²) in [7, 11) is 9.44. The van der Waals surface area contributed by atoms with Crippen molar-refractivity contribution in [3.8, 4) is 0 Å². The molecule has 1 aliphatic heterocycles. The summed E-state index contributed by atoms with van der Waals surface area (Å²) in [6, 6.07) is 4.81. The van der Waals surface area contributed by atoms with Gasteiger partial charge in [0.25, 0.3) is 0 Å². The molecule has 0 unspecified atom stereocenters. The van der Waals surface area contributed by atoms with Crippen LogP contribution in [0.4, 0.5) is 0 Å². The maximum absolute atomic E-state index is 2.42. The summed E-state index contributed by atoms with van der Waals surface area (Å²) in [5.41, 5.74) is 3.33. The van der Waals surface area contributed by atoms with Crippen LogP contribution in [0.3, 0.4) is 0 Å². The minimum Gasteiger partial charge on any atom is -0.0561 e. The highest BCUT2D eigenvalue weighted by Gasteiger charge is 2.26. The van der Waals surface area contributed by atoms with Crippen molar-refractivity contribution in [3.63, 3.8) is 0 Å². The van der Waals surface area contributed by atoms with Crippen molar-refractivity contribution >= 4 is 51.1 Å². The summed E-state index contributed by atoms with van der Waals surface area (Å²) in [4.78, 5) is 2.90. The van der Waals surface area contributed by atoms with Gasteiger partial charge in [0.1, 0.15) is 0 Å². The monoisotopic (exact) mass is 348 g/mol. The normalized spacial score (nSPS) is 16.9. The van der Waals surface area contributed by atoms with Gasteiger partial charge in [0, 0.05) is 9.79 Å². The summed E-state index contributed by atoms with van der Waals surface area (Å²) in [6.07, 6.45) is 0. The van der Waals surface area contributed by atoms with E-state index < -0.39 is 0 Å². The molecule has 0 nitrogen and oxygen atoms in total. The molecule has 1 aromatic rings. The first-order valence-corrected chi connectivity index (χ1v) is 12.4. The molecule has 5 heteroatoms. The fourth-order valence-corrected chi connectivity index (χ4v) is 11.1. The molecule has 1 aromatic carbocycles. The molecule has 0 fully saturated rings. The lowest BCUT2D eigenvalue weighted by molar-refractivity contribution is 0.555. The van der Waals surface area contributed by atoms with Crippen LogP contribution >= 0.6 is 51.1 Å². The Hall–Kier alpha value is 0.970. The molecule has 0 aromatic heterocycles. The fraction of sp³-hybridized carbons (Fsp3) is 0.571. The van der Waals surface area contributed by atoms with Crippen LogP contribution in [-0.4, -0.2) is 0 Å². The third kappa shape index (κ3) is 4.00. The quantitative estimate of drug-likeness (QED) is 0.448. The lowest BCUT2D eigenvalue weighted by Gasteiger charge is -2.28. The van der Waals surface area contributed by atoms with E-state index in [9.17, 15) is 0 Å². The van der Waals surface area contributed by atoms with Crippen LogP contribution in [-0.2, 0) is 10.8 Å². The Morgan fingerprint density at radius 3 is 1.95 bits per heavy atom. The molecule has 0 bridgehead atoms. The highest BCUT2D eigenvalue weighted by atomic mass is 33.8. The molecule has 2 rings (SSSR count). The van der Waals surface area contributed by atoms with E-state index in [1.165, 1.54) is 20.9 Å². The predicted molar refractivity (Wildman–Crippen MR) is 98.3 cm³/mol. The van der Waals surface area contributed by atoms with Crippen molar-refractivity contribution in [3.05, 3.63) is 23.3 Å². The smallest absolute Gasteiger partial charge is 0.0373 e. The standard InChI is InChI=1S/C14H20S5/c1-13(2,3)9-7-10(14(4,5)6)12-11(8-9)15-17-19-18-16-12/h7-8H,1-6H3. The summed E-state index contributed by atoms with van der Waals surface area (Å²) < 4.78 is 0. The lowest BCUT2D eigenvalue weighted by Crippen LogP contribution is -2.17. The van der Waals surface area contributed by atoms with E-state index in [0.29, 0.717) is 0 Å². The molecular weight excluding hydrogens is 328 g/mol. The Balaban J connectivity index is 2.63. The first-order chi connectivity index (χ1) is 8.69. The molecule has 0 aliphatic carbocycles. The zero-order chi connectivity index (χ0) is 14.3. The SMILES string of the molecule is CC(C)(C)c1cc2c(c(C(C)(C)C)c1)SSSSS2. The van der Waals surface area contributed by atoms with Crippen molar-refractivity contribution in [1.82, 2.24) is 0 Å². The predicted octanol–water partition coefficient (Wildman–Crippen LogP) is 7.34. The van der Waals surface area contributed by atoms with E-state index in [4.69, 9.17) is 0 Å². The van der Waals surface area contributed by atoms with E-state index in [2.05, 4.69) is 53.7 Å². The van der Waals surface area contributed by atoms with E-state index in [1.54, 1.807) is 0 Å². The van der Waals surface area contributed by atoms with Crippen LogP contribution in [0, 0.1) is 0 Å². The highest BCUT2D eigenvalue weighted by molar-refractivity contribution is 9.36. The zero-order valence-corrected chi connectivity index (χ0v) is 16.3. The molecule has 0 spiro atoms. The number of rotatable bonds is 0. The molecule has 0 saturated carbocycles. The zero-order valence-electron chi connectivity index (χ0n) is 12.2. The average Bonchev–Trinajstić information content (AvgIpc) is 2.49. The van der Waals surface area contributed by atoms with Crippen molar-refractivity contribution < 1.29 is 0 Å². The molecule has 19 heavy (non-hydrogen) atoms. The number of fused-ring (bicyclic) bond motifs is 1. The molecule has 1 aliphatic rings. The molecular formula is C14H20S5. The lowest BCUT2D eigenvalue weighted by atomic mass is 9.81. The van der Waals surface area contributed by atoms with Crippen molar-refractivity contribution in [2.24, 2.45) is 0 Å². The van der Waals surface area contributed by atoms with Crippen molar-refractivity contribution in [2.75, 3.05) is 0 Å². The van der Waals surface area contributed by atoms with Gasteiger partial charge in [-0.3, -0.25) is 0 Å². The maximum Gasteiger partial charge on any atom is 0.0373 e. The highest BCUT2D eigenvalue weighted by Crippen LogP contribution is 2.61. The van der Waals surface area contributed by atoms with E-state index >= 15 is 0 Å². The molecule has 0 N–H and O–H groups in total. The molecule has 0 amide bonds. The van der Waals surface area contributed by atoms with Crippen LogP contribution in [0.2, 0.25) is 0 Å². The van der Waals surface area contributed by atoms with Crippen LogP contribution in [0.25, 0.3) is 0 Å². The van der Waals surface area contributed by atoms with Gasteiger partial charge < -0.3 is 0 Å². The topological polar surface area (TPSA) is 0 Å². The van der Waals surface area contributed by atoms with E-state index in [1.807, 2.05) is 51.1 Å². The first-order valence-electron chi connectivity index (χ1n) is 6.23. The summed E-state index contributed by atoms with van der Waals surface area (Å²) in [5.74, 6) is 0. The van der Waals surface area contributed by atoms with Gasteiger partial charge in [0.15, 0.2) is 0 Å². The molecule has 0 radical (unpaired) electrons. The van der Waals surface area contributed by atoms with Gasteiger partial charge in [0.2, 0.25) is 0 Å². The molecule has 0 atom stereocenters. The third-order valence-corrected chi connectivity index (χ3v) is 11.5. The first kappa shape index (κ1) is 16.3. The molecule has 0 saturated heterocycles. The maximum atomic E-state index is 2.42. The Morgan fingerprint density at radius 2 is 1.37 bits per heavy atom. The van der Waals surface area contributed by atoms with Crippen molar-refractivity contribution in [1.29, 1.82) is 0 Å². The minimum atomic E-state index is 0.194. The average molecular weight is 349 g/mol. The van der Waals surface area contributed by atoms with Gasteiger partial charge in [0.05, 0.1) is 0 Å². The van der Waals surface area contributed by atoms with Crippen molar-refractivity contribution in [2.45, 2.75) is 62.2 Å². The second kappa shape index (κ2) is 5.99.